The summed E-state index contributed by atoms with van der Waals surface area (Å²) in [5.41, 5.74) is 3.71. The highest BCUT2D eigenvalue weighted by molar-refractivity contribution is 6.36. The monoisotopic (exact) mass is 293 g/mol. The predicted octanol–water partition coefficient (Wildman–Crippen LogP) is 3.91. The molecular formula is C11H14Cl3N3. The van der Waals surface area contributed by atoms with E-state index in [0.29, 0.717) is 10.0 Å². The van der Waals surface area contributed by atoms with E-state index in [2.05, 4.69) is 15.8 Å². The van der Waals surface area contributed by atoms with E-state index in [9.17, 15) is 0 Å². The maximum atomic E-state index is 6.01. The maximum Gasteiger partial charge on any atom is 0.122 e. The molecule has 1 aliphatic rings. The van der Waals surface area contributed by atoms with Crippen molar-refractivity contribution in [2.24, 2.45) is 5.10 Å². The molecule has 17 heavy (non-hydrogen) atoms. The molecule has 3 nitrogen and oxygen atoms in total. The molecule has 1 aromatic carbocycles. The van der Waals surface area contributed by atoms with Crippen LogP contribution in [0.2, 0.25) is 10.0 Å². The third-order valence-corrected chi connectivity index (χ3v) is 2.96. The summed E-state index contributed by atoms with van der Waals surface area (Å²) in [4.78, 5) is 0. The van der Waals surface area contributed by atoms with Crippen LogP contribution in [0, 0.1) is 0 Å². The zero-order valence-electron chi connectivity index (χ0n) is 9.17. The summed E-state index contributed by atoms with van der Waals surface area (Å²) in [5.74, 6) is 0.984. The largest absolute Gasteiger partial charge is 0.372 e. The quantitative estimate of drug-likeness (QED) is 0.811. The van der Waals surface area contributed by atoms with Gasteiger partial charge in [-0.05, 0) is 31.0 Å². The van der Waals surface area contributed by atoms with Crippen LogP contribution in [0.4, 0.5) is 5.69 Å². The van der Waals surface area contributed by atoms with Crippen LogP contribution in [0.15, 0.2) is 23.3 Å². The zero-order chi connectivity index (χ0) is 11.4. The van der Waals surface area contributed by atoms with Crippen molar-refractivity contribution in [1.29, 1.82) is 0 Å². The van der Waals surface area contributed by atoms with E-state index < -0.39 is 0 Å². The summed E-state index contributed by atoms with van der Waals surface area (Å²) in [5, 5.41) is 8.71. The van der Waals surface area contributed by atoms with Crippen LogP contribution in [0.25, 0.3) is 0 Å². The Balaban J connectivity index is 0.00000144. The van der Waals surface area contributed by atoms with Gasteiger partial charge in [-0.2, -0.15) is 5.10 Å². The lowest BCUT2D eigenvalue weighted by Crippen LogP contribution is -2.29. The summed E-state index contributed by atoms with van der Waals surface area (Å²) in [7, 11) is 0. The molecule has 0 amide bonds. The summed E-state index contributed by atoms with van der Waals surface area (Å²) < 4.78 is 0. The van der Waals surface area contributed by atoms with Crippen molar-refractivity contribution in [3.8, 4) is 0 Å². The van der Waals surface area contributed by atoms with Crippen LogP contribution in [0.5, 0.6) is 0 Å². The minimum Gasteiger partial charge on any atom is -0.372 e. The predicted molar refractivity (Wildman–Crippen MR) is 76.6 cm³/mol. The summed E-state index contributed by atoms with van der Waals surface area (Å²) >= 11 is 11.8. The molecule has 0 bridgehead atoms. The molecule has 2 rings (SSSR count). The highest BCUT2D eigenvalue weighted by Crippen LogP contribution is 2.25. The Morgan fingerprint density at radius 3 is 2.71 bits per heavy atom. The molecule has 2 N–H and O–H groups in total. The van der Waals surface area contributed by atoms with Gasteiger partial charge in [-0.15, -0.1) is 12.4 Å². The Morgan fingerprint density at radius 1 is 1.24 bits per heavy atom. The number of piperidine rings is 1. The topological polar surface area (TPSA) is 36.4 Å². The number of benzene rings is 1. The molecule has 0 radical (unpaired) electrons. The van der Waals surface area contributed by atoms with Gasteiger partial charge in [-0.25, -0.2) is 0 Å². The Kier molecular flexibility index (Phi) is 5.89. The number of amidine groups is 1. The van der Waals surface area contributed by atoms with Gasteiger partial charge in [0.25, 0.3) is 0 Å². The van der Waals surface area contributed by atoms with E-state index in [0.717, 1.165) is 24.5 Å². The summed E-state index contributed by atoms with van der Waals surface area (Å²) in [6, 6.07) is 5.29. The lowest BCUT2D eigenvalue weighted by Gasteiger charge is -2.15. The normalized spacial score (nSPS) is 17.2. The number of rotatable bonds is 2. The minimum atomic E-state index is 0. The standard InChI is InChI=1S/C11H13Cl2N3.ClH/c12-8-4-5-10(9(13)7-8)15-16-11-3-1-2-6-14-11;/h4-5,7,15H,1-3,6H2,(H,14,16);1H. The van der Waals surface area contributed by atoms with Gasteiger partial charge in [-0.3, -0.25) is 5.43 Å². The number of hydrogen-bond acceptors (Lipinski definition) is 2. The zero-order valence-corrected chi connectivity index (χ0v) is 11.5. The average Bonchev–Trinajstić information content (AvgIpc) is 2.29. The van der Waals surface area contributed by atoms with Gasteiger partial charge in [-0.1, -0.05) is 23.2 Å². The SMILES string of the molecule is Cl.Clc1ccc(N/N=C2\CCCCN2)c(Cl)c1. The van der Waals surface area contributed by atoms with Crippen molar-refractivity contribution in [3.05, 3.63) is 28.2 Å². The Morgan fingerprint density at radius 2 is 2.06 bits per heavy atom. The van der Waals surface area contributed by atoms with Gasteiger partial charge in [0.1, 0.15) is 5.84 Å². The molecule has 0 aliphatic carbocycles. The van der Waals surface area contributed by atoms with Gasteiger partial charge in [0.05, 0.1) is 10.7 Å². The third kappa shape index (κ3) is 4.26. The van der Waals surface area contributed by atoms with Gasteiger partial charge in [0.2, 0.25) is 0 Å². The van der Waals surface area contributed by atoms with Crippen LogP contribution in [-0.2, 0) is 0 Å². The number of hydrogen-bond donors (Lipinski definition) is 2. The molecule has 1 heterocycles. The van der Waals surface area contributed by atoms with Gasteiger partial charge < -0.3 is 5.32 Å². The summed E-state index contributed by atoms with van der Waals surface area (Å²) in [6.45, 7) is 0.995. The van der Waals surface area contributed by atoms with Crippen LogP contribution >= 0.6 is 35.6 Å². The van der Waals surface area contributed by atoms with E-state index in [1.807, 2.05) is 6.07 Å². The van der Waals surface area contributed by atoms with E-state index >= 15 is 0 Å². The lowest BCUT2D eigenvalue weighted by atomic mass is 10.1. The first-order valence-corrected chi connectivity index (χ1v) is 6.03. The number of nitrogens with zero attached hydrogens (tertiary/aromatic N) is 1. The first kappa shape index (κ1) is 14.4. The Labute approximate surface area is 117 Å². The van der Waals surface area contributed by atoms with Gasteiger partial charge >= 0.3 is 0 Å². The average molecular weight is 295 g/mol. The van der Waals surface area contributed by atoms with E-state index in [4.69, 9.17) is 23.2 Å². The lowest BCUT2D eigenvalue weighted by molar-refractivity contribution is 0.668. The van der Waals surface area contributed by atoms with Crippen molar-refractivity contribution >= 4 is 47.1 Å². The van der Waals surface area contributed by atoms with Crippen LogP contribution < -0.4 is 10.7 Å². The molecule has 1 aromatic rings. The van der Waals surface area contributed by atoms with Gasteiger partial charge in [0.15, 0.2) is 0 Å². The highest BCUT2D eigenvalue weighted by Gasteiger charge is 2.05. The number of nitrogens with one attached hydrogen (secondary N) is 2. The van der Waals surface area contributed by atoms with Gasteiger partial charge in [0, 0.05) is 18.0 Å². The first-order valence-electron chi connectivity index (χ1n) is 5.27. The number of hydrazone groups is 1. The van der Waals surface area contributed by atoms with Crippen molar-refractivity contribution < 1.29 is 0 Å². The third-order valence-electron chi connectivity index (χ3n) is 2.41. The second-order valence-electron chi connectivity index (χ2n) is 3.68. The Hall–Kier alpha value is -0.640. The molecule has 0 spiro atoms. The molecule has 0 atom stereocenters. The van der Waals surface area contributed by atoms with Crippen molar-refractivity contribution in [3.63, 3.8) is 0 Å². The Bertz CT molecular complexity index is 399. The molecule has 6 heteroatoms. The van der Waals surface area contributed by atoms with E-state index in [1.54, 1.807) is 12.1 Å². The van der Waals surface area contributed by atoms with Crippen LogP contribution in [0.1, 0.15) is 19.3 Å². The van der Waals surface area contributed by atoms with E-state index in [1.165, 1.54) is 12.8 Å². The molecule has 1 aliphatic heterocycles. The van der Waals surface area contributed by atoms with Crippen molar-refractivity contribution in [1.82, 2.24) is 5.32 Å². The van der Waals surface area contributed by atoms with Crippen molar-refractivity contribution in [2.75, 3.05) is 12.0 Å². The minimum absolute atomic E-state index is 0. The fourth-order valence-corrected chi connectivity index (χ4v) is 1.99. The molecule has 0 saturated carbocycles. The van der Waals surface area contributed by atoms with E-state index in [-0.39, 0.29) is 12.4 Å². The number of anilines is 1. The molecule has 0 unspecified atom stereocenters. The molecular weight excluding hydrogens is 281 g/mol. The van der Waals surface area contributed by atoms with Crippen LogP contribution in [0.3, 0.4) is 0 Å². The fraction of sp³-hybridized carbons (Fsp3) is 0.364. The van der Waals surface area contributed by atoms with Crippen molar-refractivity contribution in [2.45, 2.75) is 19.3 Å². The highest BCUT2D eigenvalue weighted by atomic mass is 35.5. The molecule has 0 aromatic heterocycles. The second kappa shape index (κ2) is 6.94. The first-order chi connectivity index (χ1) is 7.75. The molecule has 1 saturated heterocycles. The maximum absolute atomic E-state index is 6.01. The smallest absolute Gasteiger partial charge is 0.122 e. The molecule has 1 fully saturated rings. The second-order valence-corrected chi connectivity index (χ2v) is 4.52. The number of halogens is 3. The summed E-state index contributed by atoms with van der Waals surface area (Å²) in [6.07, 6.45) is 3.38. The van der Waals surface area contributed by atoms with Crippen LogP contribution in [-0.4, -0.2) is 12.4 Å². The fourth-order valence-electron chi connectivity index (χ4n) is 1.54. The molecule has 94 valence electrons.